The van der Waals surface area contributed by atoms with E-state index in [1.54, 1.807) is 6.08 Å². The highest BCUT2D eigenvalue weighted by Gasteiger charge is 2.46. The molecule has 0 radical (unpaired) electrons. The van der Waals surface area contributed by atoms with Crippen molar-refractivity contribution in [2.75, 3.05) is 20.2 Å². The van der Waals surface area contributed by atoms with Crippen LogP contribution >= 0.6 is 0 Å². The minimum Gasteiger partial charge on any atom is -0.199 e. The van der Waals surface area contributed by atoms with E-state index >= 15 is 0 Å². The molecule has 0 aromatic carbocycles. The molecule has 0 aromatic rings. The summed E-state index contributed by atoms with van der Waals surface area (Å²) >= 11 is 0. The Bertz CT molecular complexity index is 298. The third kappa shape index (κ3) is 4.48. The maximum absolute atomic E-state index is 6.09. The van der Waals surface area contributed by atoms with Crippen molar-refractivity contribution in [3.63, 3.8) is 0 Å². The van der Waals surface area contributed by atoms with Crippen LogP contribution in [0.3, 0.4) is 0 Å². The number of nitrogens with zero attached hydrogens (tertiary/aromatic N) is 1. The molecule has 108 valence electrons. The van der Waals surface area contributed by atoms with Crippen LogP contribution in [-0.2, 0) is 4.84 Å². The predicted molar refractivity (Wildman–Crippen MR) is 84.7 cm³/mol. The van der Waals surface area contributed by atoms with E-state index in [0.29, 0.717) is 11.3 Å². The van der Waals surface area contributed by atoms with Gasteiger partial charge in [-0.05, 0) is 13.3 Å². The Labute approximate surface area is 119 Å². The van der Waals surface area contributed by atoms with E-state index in [4.69, 9.17) is 4.84 Å². The smallest absolute Gasteiger partial charge is 0.136 e. The molecule has 2 heteroatoms. The van der Waals surface area contributed by atoms with E-state index in [1.807, 2.05) is 18.2 Å². The minimum absolute atomic E-state index is 0.0323. The van der Waals surface area contributed by atoms with Crippen LogP contribution in [0.15, 0.2) is 50.6 Å². The molecule has 0 fully saturated rings. The summed E-state index contributed by atoms with van der Waals surface area (Å²) in [4.78, 5) is 6.09. The maximum Gasteiger partial charge on any atom is 0.136 e. The fourth-order valence-electron chi connectivity index (χ4n) is 2.60. The van der Waals surface area contributed by atoms with Gasteiger partial charge in [-0.25, -0.2) is 0 Å². The summed E-state index contributed by atoms with van der Waals surface area (Å²) < 4.78 is 0.547. The van der Waals surface area contributed by atoms with E-state index in [2.05, 4.69) is 40.3 Å². The van der Waals surface area contributed by atoms with Gasteiger partial charge in [0, 0.05) is 19.3 Å². The molecule has 19 heavy (non-hydrogen) atoms. The quantitative estimate of drug-likeness (QED) is 0.288. The van der Waals surface area contributed by atoms with Crippen LogP contribution in [0.4, 0.5) is 0 Å². The first kappa shape index (κ1) is 17.9. The van der Waals surface area contributed by atoms with Crippen LogP contribution in [0, 0.1) is 0 Å². The zero-order valence-electron chi connectivity index (χ0n) is 12.7. The molecule has 0 N–H and O–H groups in total. The zero-order chi connectivity index (χ0) is 14.8. The van der Waals surface area contributed by atoms with Gasteiger partial charge >= 0.3 is 0 Å². The third-order valence-electron chi connectivity index (χ3n) is 3.95. The van der Waals surface area contributed by atoms with Crippen LogP contribution in [0.25, 0.3) is 0 Å². The van der Waals surface area contributed by atoms with Crippen molar-refractivity contribution in [1.82, 2.24) is 0 Å². The molecule has 0 aliphatic heterocycles. The second kappa shape index (κ2) is 8.89. The maximum atomic E-state index is 6.09. The molecule has 0 amide bonds. The average molecular weight is 264 g/mol. The van der Waals surface area contributed by atoms with Gasteiger partial charge in [0.05, 0.1) is 7.05 Å². The topological polar surface area (TPSA) is 9.23 Å². The molecule has 0 aliphatic rings. The second-order valence-electron chi connectivity index (χ2n) is 5.04. The Morgan fingerprint density at radius 2 is 1.58 bits per heavy atom. The lowest BCUT2D eigenvalue weighted by atomic mass is 9.84. The summed E-state index contributed by atoms with van der Waals surface area (Å²) in [5.41, 5.74) is -0.0323. The number of hydrogen-bond acceptors (Lipinski definition) is 1. The van der Waals surface area contributed by atoms with Gasteiger partial charge in [-0.3, -0.25) is 0 Å². The van der Waals surface area contributed by atoms with Crippen LogP contribution in [0.5, 0.6) is 0 Å². The third-order valence-corrected chi connectivity index (χ3v) is 3.95. The molecule has 0 aromatic heterocycles. The molecule has 0 rings (SSSR count). The highest BCUT2D eigenvalue weighted by Crippen LogP contribution is 2.36. The molecule has 1 atom stereocenters. The van der Waals surface area contributed by atoms with Crippen molar-refractivity contribution >= 4 is 0 Å². The number of hydroxylamine groups is 3. The normalized spacial score (nSPS) is 14.4. The van der Waals surface area contributed by atoms with Crippen molar-refractivity contribution in [1.29, 1.82) is 0 Å². The highest BCUT2D eigenvalue weighted by atomic mass is 16.7. The van der Waals surface area contributed by atoms with E-state index < -0.39 is 0 Å². The van der Waals surface area contributed by atoms with Crippen molar-refractivity contribution in [2.24, 2.45) is 0 Å². The lowest BCUT2D eigenvalue weighted by molar-refractivity contribution is -1.13. The molecular weight excluding hydrogens is 234 g/mol. The molecule has 0 saturated carbocycles. The number of rotatable bonds is 12. The molecule has 0 bridgehead atoms. The van der Waals surface area contributed by atoms with Gasteiger partial charge in [-0.2, -0.15) is 9.48 Å². The van der Waals surface area contributed by atoms with Gasteiger partial charge < -0.3 is 0 Å². The van der Waals surface area contributed by atoms with Gasteiger partial charge in [0.2, 0.25) is 0 Å². The Balaban J connectivity index is 5.41. The summed E-state index contributed by atoms with van der Waals surface area (Å²) in [6, 6.07) is 0. The van der Waals surface area contributed by atoms with E-state index in [1.165, 1.54) is 0 Å². The molecule has 1 unspecified atom stereocenters. The fourth-order valence-corrected chi connectivity index (χ4v) is 2.60. The zero-order valence-corrected chi connectivity index (χ0v) is 12.7. The van der Waals surface area contributed by atoms with E-state index in [-0.39, 0.29) is 5.54 Å². The standard InChI is InChI=1S/C17H30NO/c1-7-12-15-17(13-8-2,14-9-3)18(6,11-5)19-16-10-4/h7-10H,1-4,11-16H2,5-6H3/q+1. The molecule has 0 spiro atoms. The first-order valence-corrected chi connectivity index (χ1v) is 6.99. The second-order valence-corrected chi connectivity index (χ2v) is 5.04. The summed E-state index contributed by atoms with van der Waals surface area (Å²) in [7, 11) is 2.14. The molecule has 2 nitrogen and oxygen atoms in total. The SMILES string of the molecule is C=CCCC(CC=C)(CC=C)[N+](C)(CC)OCC=C. The average Bonchev–Trinajstić information content (AvgIpc) is 2.42. The minimum atomic E-state index is -0.0323. The van der Waals surface area contributed by atoms with E-state index in [0.717, 1.165) is 32.2 Å². The molecule has 0 heterocycles. The predicted octanol–water partition coefficient (Wildman–Crippen LogP) is 4.43. The van der Waals surface area contributed by atoms with Crippen LogP contribution in [-0.4, -0.2) is 30.4 Å². The number of allylic oxidation sites excluding steroid dienone is 1. The van der Waals surface area contributed by atoms with Gasteiger partial charge in [0.1, 0.15) is 18.7 Å². The monoisotopic (exact) mass is 264 g/mol. The summed E-state index contributed by atoms with van der Waals surface area (Å²) in [5, 5.41) is 0. The van der Waals surface area contributed by atoms with Crippen molar-refractivity contribution in [2.45, 2.75) is 38.1 Å². The lowest BCUT2D eigenvalue weighted by Gasteiger charge is -2.47. The summed E-state index contributed by atoms with van der Waals surface area (Å²) in [6.07, 6.45) is 11.5. The summed E-state index contributed by atoms with van der Waals surface area (Å²) in [6.45, 7) is 19.0. The van der Waals surface area contributed by atoms with Crippen molar-refractivity contribution in [3.8, 4) is 0 Å². The van der Waals surface area contributed by atoms with Crippen LogP contribution < -0.4 is 0 Å². The Hall–Kier alpha value is -1.12. The Kier molecular flexibility index (Phi) is 8.37. The summed E-state index contributed by atoms with van der Waals surface area (Å²) in [5.74, 6) is 0. The number of hydrogen-bond donors (Lipinski definition) is 0. The Morgan fingerprint density at radius 3 is 1.95 bits per heavy atom. The van der Waals surface area contributed by atoms with Crippen molar-refractivity contribution < 1.29 is 9.48 Å². The van der Waals surface area contributed by atoms with Crippen LogP contribution in [0.1, 0.15) is 32.6 Å². The first-order valence-electron chi connectivity index (χ1n) is 6.99. The Morgan fingerprint density at radius 1 is 1.00 bits per heavy atom. The number of quaternary nitrogens is 1. The fraction of sp³-hybridized carbons (Fsp3) is 0.529. The molecule has 0 saturated heterocycles. The van der Waals surface area contributed by atoms with E-state index in [9.17, 15) is 0 Å². The van der Waals surface area contributed by atoms with Gasteiger partial charge in [0.25, 0.3) is 0 Å². The highest BCUT2D eigenvalue weighted by molar-refractivity contribution is 4.94. The van der Waals surface area contributed by atoms with Crippen LogP contribution in [0.2, 0.25) is 0 Å². The van der Waals surface area contributed by atoms with Gasteiger partial charge in [-0.15, -0.1) is 26.3 Å². The first-order chi connectivity index (χ1) is 9.05. The van der Waals surface area contributed by atoms with Crippen molar-refractivity contribution in [3.05, 3.63) is 50.6 Å². The van der Waals surface area contributed by atoms with Gasteiger partial charge in [0.15, 0.2) is 0 Å². The van der Waals surface area contributed by atoms with Gasteiger partial charge in [-0.1, -0.05) is 24.3 Å². The molecular formula is C17H30NO+. The molecule has 0 aliphatic carbocycles. The lowest BCUT2D eigenvalue weighted by Crippen LogP contribution is -2.61. The largest absolute Gasteiger partial charge is 0.199 e.